The molecule has 1 fully saturated rings. The van der Waals surface area contributed by atoms with Gasteiger partial charge in [-0.1, -0.05) is 0 Å². The van der Waals surface area contributed by atoms with Gasteiger partial charge in [-0.05, 0) is 39.7 Å². The van der Waals surface area contributed by atoms with Crippen molar-refractivity contribution < 1.29 is 4.74 Å². The molecule has 2 nitrogen and oxygen atoms in total. The fraction of sp³-hybridized carbons (Fsp3) is 1.00. The number of hydrogen-bond donors (Lipinski definition) is 0. The fourth-order valence-corrected chi connectivity index (χ4v) is 2.10. The van der Waals surface area contributed by atoms with Crippen molar-refractivity contribution in [1.82, 2.24) is 4.90 Å². The molecule has 1 aliphatic heterocycles. The normalized spacial score (nSPS) is 25.5. The van der Waals surface area contributed by atoms with Crippen molar-refractivity contribution in [3.63, 3.8) is 0 Å². The quantitative estimate of drug-likeness (QED) is 0.640. The summed E-state index contributed by atoms with van der Waals surface area (Å²) in [4.78, 5) is 2.60. The molecule has 0 spiro atoms. The second kappa shape index (κ2) is 4.83. The van der Waals surface area contributed by atoms with Crippen LogP contribution < -0.4 is 0 Å². The third kappa shape index (κ3) is 2.46. The van der Waals surface area contributed by atoms with Gasteiger partial charge in [0.1, 0.15) is 0 Å². The third-order valence-corrected chi connectivity index (χ3v) is 2.74. The second-order valence-corrected chi connectivity index (χ2v) is 3.91. The molecule has 72 valence electrons. The van der Waals surface area contributed by atoms with Gasteiger partial charge < -0.3 is 4.74 Å². The van der Waals surface area contributed by atoms with Crippen LogP contribution in [0.1, 0.15) is 33.1 Å². The number of methoxy groups -OCH3 is 1. The highest BCUT2D eigenvalue weighted by Crippen LogP contribution is 2.22. The molecule has 0 saturated carbocycles. The molecule has 1 aliphatic rings. The van der Waals surface area contributed by atoms with Crippen molar-refractivity contribution in [2.45, 2.75) is 45.2 Å². The van der Waals surface area contributed by atoms with E-state index >= 15 is 0 Å². The number of likely N-dealkylation sites (tertiary alicyclic amines) is 1. The van der Waals surface area contributed by atoms with Crippen LogP contribution in [0.2, 0.25) is 0 Å². The molecule has 1 heterocycles. The van der Waals surface area contributed by atoms with Gasteiger partial charge in [-0.3, -0.25) is 4.90 Å². The van der Waals surface area contributed by atoms with Crippen molar-refractivity contribution in [3.05, 3.63) is 0 Å². The lowest BCUT2D eigenvalue weighted by Crippen LogP contribution is -2.36. The summed E-state index contributed by atoms with van der Waals surface area (Å²) in [7, 11) is 1.79. The smallest absolute Gasteiger partial charge is 0.0477 e. The van der Waals surface area contributed by atoms with Crippen LogP contribution in [-0.2, 0) is 4.74 Å². The second-order valence-electron chi connectivity index (χ2n) is 3.91. The highest BCUT2D eigenvalue weighted by Gasteiger charge is 2.25. The number of nitrogens with zero attached hydrogens (tertiary/aromatic N) is 1. The predicted octanol–water partition coefficient (Wildman–Crippen LogP) is 1.90. The molecule has 0 bridgehead atoms. The van der Waals surface area contributed by atoms with E-state index in [9.17, 15) is 0 Å². The van der Waals surface area contributed by atoms with E-state index in [0.29, 0.717) is 6.04 Å². The van der Waals surface area contributed by atoms with E-state index in [1.807, 2.05) is 0 Å². The minimum atomic E-state index is 0.703. The van der Waals surface area contributed by atoms with Crippen LogP contribution in [-0.4, -0.2) is 37.2 Å². The summed E-state index contributed by atoms with van der Waals surface area (Å²) in [5.41, 5.74) is 0. The average Bonchev–Trinajstić information content (AvgIpc) is 2.48. The van der Waals surface area contributed by atoms with Crippen LogP contribution in [0.4, 0.5) is 0 Å². The molecule has 0 aliphatic carbocycles. The zero-order valence-electron chi connectivity index (χ0n) is 8.55. The Labute approximate surface area is 75.9 Å². The molecule has 0 amide bonds. The predicted molar refractivity (Wildman–Crippen MR) is 51.4 cm³/mol. The molecule has 0 aromatic heterocycles. The maximum atomic E-state index is 5.11. The maximum absolute atomic E-state index is 5.11. The van der Waals surface area contributed by atoms with E-state index in [0.717, 1.165) is 12.6 Å². The number of hydrogen-bond acceptors (Lipinski definition) is 2. The number of rotatable bonds is 4. The molecule has 0 unspecified atom stereocenters. The molecule has 12 heavy (non-hydrogen) atoms. The minimum absolute atomic E-state index is 0.703. The molecule has 0 aromatic rings. The first-order chi connectivity index (χ1) is 5.75. The Morgan fingerprint density at radius 3 is 2.83 bits per heavy atom. The molecule has 1 rings (SSSR count). The van der Waals surface area contributed by atoms with Gasteiger partial charge in [-0.25, -0.2) is 0 Å². The highest BCUT2D eigenvalue weighted by molar-refractivity contribution is 4.81. The van der Waals surface area contributed by atoms with Crippen LogP contribution in [0.5, 0.6) is 0 Å². The summed E-state index contributed by atoms with van der Waals surface area (Å²) in [6.45, 7) is 6.76. The lowest BCUT2D eigenvalue weighted by molar-refractivity contribution is 0.137. The van der Waals surface area contributed by atoms with Crippen molar-refractivity contribution in [2.75, 3.05) is 20.3 Å². The average molecular weight is 171 g/mol. The third-order valence-electron chi connectivity index (χ3n) is 2.74. The van der Waals surface area contributed by atoms with E-state index in [2.05, 4.69) is 18.7 Å². The summed E-state index contributed by atoms with van der Waals surface area (Å²) in [6, 6.07) is 1.49. The van der Waals surface area contributed by atoms with Crippen LogP contribution in [0, 0.1) is 0 Å². The van der Waals surface area contributed by atoms with Crippen LogP contribution in [0.3, 0.4) is 0 Å². The highest BCUT2D eigenvalue weighted by atomic mass is 16.5. The minimum Gasteiger partial charge on any atom is -0.385 e. The van der Waals surface area contributed by atoms with Gasteiger partial charge in [0.15, 0.2) is 0 Å². The first-order valence-electron chi connectivity index (χ1n) is 5.00. The maximum Gasteiger partial charge on any atom is 0.0477 e. The summed E-state index contributed by atoms with van der Waals surface area (Å²) in [5.74, 6) is 0. The van der Waals surface area contributed by atoms with Crippen molar-refractivity contribution >= 4 is 0 Å². The Kier molecular flexibility index (Phi) is 4.02. The van der Waals surface area contributed by atoms with Crippen LogP contribution in [0.15, 0.2) is 0 Å². The summed E-state index contributed by atoms with van der Waals surface area (Å²) in [5, 5.41) is 0. The van der Waals surface area contributed by atoms with E-state index < -0.39 is 0 Å². The fourth-order valence-electron chi connectivity index (χ4n) is 2.10. The first kappa shape index (κ1) is 10.0. The van der Waals surface area contributed by atoms with Crippen molar-refractivity contribution in [3.8, 4) is 0 Å². The van der Waals surface area contributed by atoms with E-state index in [4.69, 9.17) is 4.74 Å². The monoisotopic (exact) mass is 171 g/mol. The zero-order chi connectivity index (χ0) is 8.97. The number of ether oxygens (including phenoxy) is 1. The zero-order valence-corrected chi connectivity index (χ0v) is 8.55. The van der Waals surface area contributed by atoms with E-state index in [-0.39, 0.29) is 0 Å². The largest absolute Gasteiger partial charge is 0.385 e. The van der Waals surface area contributed by atoms with E-state index in [1.54, 1.807) is 7.11 Å². The molecule has 0 N–H and O–H groups in total. The molecular weight excluding hydrogens is 150 g/mol. The topological polar surface area (TPSA) is 12.5 Å². The van der Waals surface area contributed by atoms with Crippen LogP contribution >= 0.6 is 0 Å². The van der Waals surface area contributed by atoms with Gasteiger partial charge in [-0.2, -0.15) is 0 Å². The summed E-state index contributed by atoms with van der Waals surface area (Å²) in [6.07, 6.45) is 3.93. The van der Waals surface area contributed by atoms with Gasteiger partial charge in [-0.15, -0.1) is 0 Å². The first-order valence-corrected chi connectivity index (χ1v) is 5.00. The molecular formula is C10H21NO. The lowest BCUT2D eigenvalue weighted by Gasteiger charge is -2.27. The Morgan fingerprint density at radius 1 is 1.50 bits per heavy atom. The Hall–Kier alpha value is -0.0800. The van der Waals surface area contributed by atoms with Crippen molar-refractivity contribution in [2.24, 2.45) is 0 Å². The molecule has 2 heteroatoms. The van der Waals surface area contributed by atoms with E-state index in [1.165, 1.54) is 25.8 Å². The summed E-state index contributed by atoms with van der Waals surface area (Å²) >= 11 is 0. The Bertz CT molecular complexity index is 125. The Balaban J connectivity index is 2.30. The molecule has 1 atom stereocenters. The van der Waals surface area contributed by atoms with Gasteiger partial charge >= 0.3 is 0 Å². The molecule has 0 aromatic carbocycles. The standard InChI is InChI=1S/C10H21NO/c1-9(2)11-7-4-5-10(11)6-8-12-3/h9-10H,4-8H2,1-3H3/t10-/m0/s1. The van der Waals surface area contributed by atoms with Gasteiger partial charge in [0.2, 0.25) is 0 Å². The lowest BCUT2D eigenvalue weighted by atomic mass is 10.1. The summed E-state index contributed by atoms with van der Waals surface area (Å²) < 4.78 is 5.11. The Morgan fingerprint density at radius 2 is 2.25 bits per heavy atom. The molecule has 1 saturated heterocycles. The van der Waals surface area contributed by atoms with Crippen LogP contribution in [0.25, 0.3) is 0 Å². The van der Waals surface area contributed by atoms with Gasteiger partial charge in [0.05, 0.1) is 0 Å². The SMILES string of the molecule is COCC[C@@H]1CCCN1C(C)C. The van der Waals surface area contributed by atoms with Gasteiger partial charge in [0, 0.05) is 25.8 Å². The van der Waals surface area contributed by atoms with Gasteiger partial charge in [0.25, 0.3) is 0 Å². The molecule has 0 radical (unpaired) electrons. The van der Waals surface area contributed by atoms with Crippen molar-refractivity contribution in [1.29, 1.82) is 0 Å².